The molecule has 0 aliphatic heterocycles. The molecule has 6 heteroatoms. The van der Waals surface area contributed by atoms with E-state index in [9.17, 15) is 13.2 Å². The Morgan fingerprint density at radius 2 is 1.94 bits per heavy atom. The van der Waals surface area contributed by atoms with Crippen molar-refractivity contribution in [1.29, 1.82) is 0 Å². The van der Waals surface area contributed by atoms with E-state index in [0.29, 0.717) is 17.4 Å². The van der Waals surface area contributed by atoms with E-state index in [0.717, 1.165) is 12.8 Å². The molecule has 0 saturated heterocycles. The zero-order valence-corrected chi connectivity index (χ0v) is 11.7. The lowest BCUT2D eigenvalue weighted by atomic mass is 9.94. The van der Waals surface area contributed by atoms with Gasteiger partial charge in [-0.1, -0.05) is 28.8 Å². The van der Waals surface area contributed by atoms with Crippen LogP contribution in [-0.2, 0) is 0 Å². The van der Waals surface area contributed by atoms with Crippen molar-refractivity contribution in [3.05, 3.63) is 0 Å². The average Bonchev–Trinajstić information content (AvgIpc) is 2.16. The van der Waals surface area contributed by atoms with Crippen LogP contribution in [0.1, 0.15) is 25.7 Å². The van der Waals surface area contributed by atoms with E-state index in [1.165, 1.54) is 12.8 Å². The fourth-order valence-electron chi connectivity index (χ4n) is 2.03. The van der Waals surface area contributed by atoms with Crippen LogP contribution in [0.4, 0.5) is 13.2 Å². The lowest BCUT2D eigenvalue weighted by molar-refractivity contribution is -0.0329. The average molecular weight is 320 g/mol. The first-order valence-electron chi connectivity index (χ1n) is 5.45. The van der Waals surface area contributed by atoms with Crippen molar-refractivity contribution in [3.8, 4) is 0 Å². The molecule has 2 unspecified atom stereocenters. The Bertz CT molecular complexity index is 213. The number of alkyl halides is 4. The van der Waals surface area contributed by atoms with Gasteiger partial charge in [0.05, 0.1) is 0 Å². The van der Waals surface area contributed by atoms with Gasteiger partial charge in [0, 0.05) is 23.2 Å². The third-order valence-electron chi connectivity index (χ3n) is 2.92. The molecule has 0 aromatic rings. The van der Waals surface area contributed by atoms with Crippen LogP contribution in [0.3, 0.4) is 0 Å². The molecule has 0 radical (unpaired) electrons. The summed E-state index contributed by atoms with van der Waals surface area (Å²) in [5, 5.41) is 0. The minimum atomic E-state index is -4.10. The second kappa shape index (κ2) is 6.50. The SMILES string of the molecule is CN(CCSC(F)(F)F)C1CCCCC1Br. The van der Waals surface area contributed by atoms with Gasteiger partial charge in [-0.25, -0.2) is 0 Å². The van der Waals surface area contributed by atoms with Gasteiger partial charge < -0.3 is 4.90 Å². The van der Waals surface area contributed by atoms with Crippen molar-refractivity contribution < 1.29 is 13.2 Å². The molecule has 0 amide bonds. The van der Waals surface area contributed by atoms with E-state index in [2.05, 4.69) is 20.8 Å². The topological polar surface area (TPSA) is 3.24 Å². The maximum absolute atomic E-state index is 12.0. The maximum atomic E-state index is 12.0. The highest BCUT2D eigenvalue weighted by molar-refractivity contribution is 9.09. The molecule has 0 spiro atoms. The smallest absolute Gasteiger partial charge is 0.301 e. The zero-order valence-electron chi connectivity index (χ0n) is 9.26. The Kier molecular flexibility index (Phi) is 5.94. The number of nitrogens with zero attached hydrogens (tertiary/aromatic N) is 1. The fraction of sp³-hybridized carbons (Fsp3) is 1.00. The summed E-state index contributed by atoms with van der Waals surface area (Å²) in [7, 11) is 1.92. The molecule has 1 aliphatic rings. The van der Waals surface area contributed by atoms with Crippen LogP contribution >= 0.6 is 27.7 Å². The highest BCUT2D eigenvalue weighted by Gasteiger charge is 2.29. The van der Waals surface area contributed by atoms with Crippen LogP contribution in [-0.4, -0.2) is 40.6 Å². The van der Waals surface area contributed by atoms with Gasteiger partial charge in [0.1, 0.15) is 0 Å². The summed E-state index contributed by atoms with van der Waals surface area (Å²) in [6.07, 6.45) is 4.62. The molecule has 0 bridgehead atoms. The number of hydrogen-bond acceptors (Lipinski definition) is 2. The number of rotatable bonds is 4. The van der Waals surface area contributed by atoms with E-state index in [-0.39, 0.29) is 17.5 Å². The first-order valence-corrected chi connectivity index (χ1v) is 7.35. The first kappa shape index (κ1) is 14.6. The van der Waals surface area contributed by atoms with Crippen LogP contribution in [0.2, 0.25) is 0 Å². The number of thioether (sulfide) groups is 1. The molecule has 0 N–H and O–H groups in total. The van der Waals surface area contributed by atoms with Gasteiger partial charge in [0.2, 0.25) is 0 Å². The summed E-state index contributed by atoms with van der Waals surface area (Å²) in [6.45, 7) is 0.497. The molecule has 0 aromatic carbocycles. The summed E-state index contributed by atoms with van der Waals surface area (Å²) in [5.41, 5.74) is -4.10. The van der Waals surface area contributed by atoms with E-state index in [1.807, 2.05) is 7.05 Å². The summed E-state index contributed by atoms with van der Waals surface area (Å²) in [4.78, 5) is 2.49. The van der Waals surface area contributed by atoms with Gasteiger partial charge in [0.25, 0.3) is 0 Å². The lowest BCUT2D eigenvalue weighted by Gasteiger charge is -2.35. The molecule has 96 valence electrons. The Morgan fingerprint density at radius 3 is 2.50 bits per heavy atom. The highest BCUT2D eigenvalue weighted by atomic mass is 79.9. The predicted octanol–water partition coefficient (Wildman–Crippen LogP) is 3.88. The van der Waals surface area contributed by atoms with Crippen molar-refractivity contribution in [2.75, 3.05) is 19.3 Å². The summed E-state index contributed by atoms with van der Waals surface area (Å²) >= 11 is 3.69. The third-order valence-corrected chi connectivity index (χ3v) is 4.71. The minimum Gasteiger partial charge on any atom is -0.301 e. The lowest BCUT2D eigenvalue weighted by Crippen LogP contribution is -2.41. The van der Waals surface area contributed by atoms with Crippen LogP contribution < -0.4 is 0 Å². The Labute approximate surface area is 107 Å². The van der Waals surface area contributed by atoms with Crippen molar-refractivity contribution in [2.24, 2.45) is 0 Å². The van der Waals surface area contributed by atoms with Gasteiger partial charge in [0.15, 0.2) is 0 Å². The molecular weight excluding hydrogens is 303 g/mol. The molecule has 1 nitrogen and oxygen atoms in total. The van der Waals surface area contributed by atoms with Crippen LogP contribution in [0.15, 0.2) is 0 Å². The van der Waals surface area contributed by atoms with E-state index in [1.54, 1.807) is 0 Å². The van der Waals surface area contributed by atoms with E-state index >= 15 is 0 Å². The van der Waals surface area contributed by atoms with Crippen LogP contribution in [0.25, 0.3) is 0 Å². The first-order chi connectivity index (χ1) is 7.40. The summed E-state index contributed by atoms with van der Waals surface area (Å²) in [5.74, 6) is 0.121. The molecule has 1 saturated carbocycles. The minimum absolute atomic E-state index is 0.0702. The number of hydrogen-bond donors (Lipinski definition) is 0. The summed E-state index contributed by atoms with van der Waals surface area (Å²) < 4.78 is 35.9. The Balaban J connectivity index is 2.25. The molecule has 16 heavy (non-hydrogen) atoms. The van der Waals surface area contributed by atoms with E-state index in [4.69, 9.17) is 0 Å². The van der Waals surface area contributed by atoms with Gasteiger partial charge in [-0.05, 0) is 31.7 Å². The Hall–Kier alpha value is 0.580. The second-order valence-corrected chi connectivity index (χ2v) is 6.48. The quantitative estimate of drug-likeness (QED) is 0.723. The second-order valence-electron chi connectivity index (χ2n) is 4.14. The van der Waals surface area contributed by atoms with Crippen molar-refractivity contribution in [2.45, 2.75) is 42.1 Å². The highest BCUT2D eigenvalue weighted by Crippen LogP contribution is 2.31. The fourth-order valence-corrected chi connectivity index (χ4v) is 3.64. The van der Waals surface area contributed by atoms with Crippen LogP contribution in [0.5, 0.6) is 0 Å². The van der Waals surface area contributed by atoms with Gasteiger partial charge in [-0.2, -0.15) is 13.2 Å². The van der Waals surface area contributed by atoms with E-state index < -0.39 is 5.51 Å². The molecular formula is C10H17BrF3NS. The van der Waals surface area contributed by atoms with Crippen molar-refractivity contribution in [1.82, 2.24) is 4.90 Å². The third kappa shape index (κ3) is 5.27. The normalized spacial score (nSPS) is 27.4. The maximum Gasteiger partial charge on any atom is 0.441 e. The van der Waals surface area contributed by atoms with Gasteiger partial charge >= 0.3 is 5.51 Å². The molecule has 1 fully saturated rings. The predicted molar refractivity (Wildman–Crippen MR) is 66.1 cm³/mol. The van der Waals surface area contributed by atoms with Gasteiger partial charge in [-0.3, -0.25) is 0 Å². The number of halogens is 4. The van der Waals surface area contributed by atoms with Crippen molar-refractivity contribution >= 4 is 27.7 Å². The molecule has 1 rings (SSSR count). The van der Waals surface area contributed by atoms with Crippen LogP contribution in [0, 0.1) is 0 Å². The summed E-state index contributed by atoms with van der Waals surface area (Å²) in [6, 6.07) is 0.391. The molecule has 1 aliphatic carbocycles. The molecule has 0 heterocycles. The molecule has 0 aromatic heterocycles. The van der Waals surface area contributed by atoms with Gasteiger partial charge in [-0.15, -0.1) is 0 Å². The monoisotopic (exact) mass is 319 g/mol. The Morgan fingerprint density at radius 1 is 1.31 bits per heavy atom. The standard InChI is InChI=1S/C10H17BrF3NS/c1-15(6-7-16-10(12,13)14)9-5-3-2-4-8(9)11/h8-9H,2-7H2,1H3. The largest absolute Gasteiger partial charge is 0.441 e. The zero-order chi connectivity index (χ0) is 12.2. The van der Waals surface area contributed by atoms with Crippen molar-refractivity contribution in [3.63, 3.8) is 0 Å². The molecule has 2 atom stereocenters.